The van der Waals surface area contributed by atoms with E-state index < -0.39 is 0 Å². The van der Waals surface area contributed by atoms with Crippen LogP contribution in [0.15, 0.2) is 24.3 Å². The van der Waals surface area contributed by atoms with Crippen molar-refractivity contribution in [1.29, 1.82) is 0 Å². The van der Waals surface area contributed by atoms with E-state index in [0.29, 0.717) is 0 Å². The summed E-state index contributed by atoms with van der Waals surface area (Å²) >= 11 is 0. The zero-order valence-corrected chi connectivity index (χ0v) is 8.92. The molecule has 0 radical (unpaired) electrons. The number of unbranched alkanes of at least 4 members (excludes halogenated alkanes) is 2. The SMILES string of the molecule is Cc1ccc(NCCCCCN)cc1. The van der Waals surface area contributed by atoms with Gasteiger partial charge in [-0.15, -0.1) is 0 Å². The molecule has 0 unspecified atom stereocenters. The van der Waals surface area contributed by atoms with Crippen LogP contribution in [0.3, 0.4) is 0 Å². The topological polar surface area (TPSA) is 38.0 Å². The molecule has 0 aliphatic rings. The second kappa shape index (κ2) is 6.44. The molecule has 0 aliphatic carbocycles. The molecule has 1 rings (SSSR count). The average molecular weight is 192 g/mol. The lowest BCUT2D eigenvalue weighted by Crippen LogP contribution is -2.03. The molecule has 0 heterocycles. The van der Waals surface area contributed by atoms with Crippen LogP contribution in [0.1, 0.15) is 24.8 Å². The van der Waals surface area contributed by atoms with Gasteiger partial charge in [0.25, 0.3) is 0 Å². The molecule has 0 bridgehead atoms. The Bertz CT molecular complexity index is 241. The first-order valence-corrected chi connectivity index (χ1v) is 5.33. The van der Waals surface area contributed by atoms with E-state index in [1.807, 2.05) is 0 Å². The van der Waals surface area contributed by atoms with Crippen LogP contribution in [0.4, 0.5) is 5.69 Å². The maximum Gasteiger partial charge on any atom is 0.0340 e. The molecule has 0 saturated carbocycles. The standard InChI is InChI=1S/C12H20N2/c1-11-5-7-12(8-6-11)14-10-4-2-3-9-13/h5-8,14H,2-4,9-10,13H2,1H3. The molecular formula is C12H20N2. The van der Waals surface area contributed by atoms with Gasteiger partial charge in [0.2, 0.25) is 0 Å². The first-order valence-electron chi connectivity index (χ1n) is 5.33. The molecule has 2 heteroatoms. The van der Waals surface area contributed by atoms with Crippen molar-refractivity contribution in [3.05, 3.63) is 29.8 Å². The van der Waals surface area contributed by atoms with Gasteiger partial charge in [-0.1, -0.05) is 24.1 Å². The monoisotopic (exact) mass is 192 g/mol. The Morgan fingerprint density at radius 1 is 1.07 bits per heavy atom. The predicted octanol–water partition coefficient (Wildman–Crippen LogP) is 2.54. The number of anilines is 1. The number of benzene rings is 1. The van der Waals surface area contributed by atoms with E-state index in [2.05, 4.69) is 36.5 Å². The third-order valence-electron chi connectivity index (χ3n) is 2.26. The molecule has 0 aliphatic heterocycles. The highest BCUT2D eigenvalue weighted by atomic mass is 14.9. The van der Waals surface area contributed by atoms with Crippen molar-refractivity contribution in [3.63, 3.8) is 0 Å². The Balaban J connectivity index is 2.15. The van der Waals surface area contributed by atoms with Gasteiger partial charge in [-0.2, -0.15) is 0 Å². The maximum atomic E-state index is 5.42. The molecule has 0 atom stereocenters. The Hall–Kier alpha value is -1.02. The van der Waals surface area contributed by atoms with Crippen LogP contribution in [0, 0.1) is 6.92 Å². The fourth-order valence-corrected chi connectivity index (χ4v) is 1.35. The number of rotatable bonds is 6. The molecule has 78 valence electrons. The summed E-state index contributed by atoms with van der Waals surface area (Å²) in [6.07, 6.45) is 3.55. The quantitative estimate of drug-likeness (QED) is 0.680. The molecule has 0 aromatic heterocycles. The van der Waals surface area contributed by atoms with Crippen molar-refractivity contribution in [2.45, 2.75) is 26.2 Å². The summed E-state index contributed by atoms with van der Waals surface area (Å²) in [5.41, 5.74) is 7.93. The van der Waals surface area contributed by atoms with Gasteiger partial charge >= 0.3 is 0 Å². The fourth-order valence-electron chi connectivity index (χ4n) is 1.35. The highest BCUT2D eigenvalue weighted by Gasteiger charge is 1.91. The summed E-state index contributed by atoms with van der Waals surface area (Å²) in [6.45, 7) is 3.96. The lowest BCUT2D eigenvalue weighted by atomic mass is 10.2. The van der Waals surface area contributed by atoms with Crippen molar-refractivity contribution in [2.75, 3.05) is 18.4 Å². The third kappa shape index (κ3) is 4.28. The summed E-state index contributed by atoms with van der Waals surface area (Å²) < 4.78 is 0. The van der Waals surface area contributed by atoms with Crippen LogP contribution in [-0.2, 0) is 0 Å². The number of nitrogens with two attached hydrogens (primary N) is 1. The summed E-state index contributed by atoms with van der Waals surface area (Å²) in [5, 5.41) is 3.39. The molecule has 14 heavy (non-hydrogen) atoms. The molecule has 3 N–H and O–H groups in total. The minimum atomic E-state index is 0.810. The molecule has 0 saturated heterocycles. The summed E-state index contributed by atoms with van der Waals surface area (Å²) in [7, 11) is 0. The lowest BCUT2D eigenvalue weighted by molar-refractivity contribution is 0.707. The maximum absolute atomic E-state index is 5.42. The third-order valence-corrected chi connectivity index (χ3v) is 2.26. The van der Waals surface area contributed by atoms with Crippen molar-refractivity contribution in [3.8, 4) is 0 Å². The minimum absolute atomic E-state index is 0.810. The summed E-state index contributed by atoms with van der Waals surface area (Å²) in [6, 6.07) is 8.50. The van der Waals surface area contributed by atoms with Gasteiger partial charge in [0.15, 0.2) is 0 Å². The second-order valence-corrected chi connectivity index (χ2v) is 3.64. The largest absolute Gasteiger partial charge is 0.385 e. The normalized spacial score (nSPS) is 10.1. The number of hydrogen-bond acceptors (Lipinski definition) is 2. The molecule has 1 aromatic carbocycles. The summed E-state index contributed by atoms with van der Waals surface area (Å²) in [4.78, 5) is 0. The first-order chi connectivity index (χ1) is 6.83. The molecule has 0 fully saturated rings. The predicted molar refractivity (Wildman–Crippen MR) is 62.6 cm³/mol. The van der Waals surface area contributed by atoms with Crippen molar-refractivity contribution >= 4 is 5.69 Å². The van der Waals surface area contributed by atoms with Crippen LogP contribution >= 0.6 is 0 Å². The number of hydrogen-bond donors (Lipinski definition) is 2. The number of nitrogens with one attached hydrogen (secondary N) is 1. The minimum Gasteiger partial charge on any atom is -0.385 e. The van der Waals surface area contributed by atoms with E-state index in [9.17, 15) is 0 Å². The fraction of sp³-hybridized carbons (Fsp3) is 0.500. The van der Waals surface area contributed by atoms with E-state index in [1.54, 1.807) is 0 Å². The van der Waals surface area contributed by atoms with Gasteiger partial charge in [-0.05, 0) is 38.4 Å². The number of aryl methyl sites for hydroxylation is 1. The molecule has 0 spiro atoms. The van der Waals surface area contributed by atoms with Crippen molar-refractivity contribution < 1.29 is 0 Å². The Morgan fingerprint density at radius 3 is 2.43 bits per heavy atom. The van der Waals surface area contributed by atoms with E-state index in [4.69, 9.17) is 5.73 Å². The molecule has 1 aromatic rings. The molecular weight excluding hydrogens is 172 g/mol. The van der Waals surface area contributed by atoms with Gasteiger partial charge in [0.05, 0.1) is 0 Å². The van der Waals surface area contributed by atoms with Crippen molar-refractivity contribution in [2.24, 2.45) is 5.73 Å². The Kier molecular flexibility index (Phi) is 5.08. The summed E-state index contributed by atoms with van der Waals surface area (Å²) in [5.74, 6) is 0. The average Bonchev–Trinajstić information content (AvgIpc) is 2.21. The smallest absolute Gasteiger partial charge is 0.0340 e. The van der Waals surface area contributed by atoms with Gasteiger partial charge in [0.1, 0.15) is 0 Å². The lowest BCUT2D eigenvalue weighted by Gasteiger charge is -2.05. The van der Waals surface area contributed by atoms with Gasteiger partial charge in [-0.3, -0.25) is 0 Å². The highest BCUT2D eigenvalue weighted by molar-refractivity contribution is 5.44. The van der Waals surface area contributed by atoms with Gasteiger partial charge in [0, 0.05) is 12.2 Å². The van der Waals surface area contributed by atoms with E-state index >= 15 is 0 Å². The van der Waals surface area contributed by atoms with E-state index in [0.717, 1.165) is 19.5 Å². The molecule has 0 amide bonds. The van der Waals surface area contributed by atoms with Gasteiger partial charge in [-0.25, -0.2) is 0 Å². The van der Waals surface area contributed by atoms with Gasteiger partial charge < -0.3 is 11.1 Å². The highest BCUT2D eigenvalue weighted by Crippen LogP contribution is 2.08. The molecule has 2 nitrogen and oxygen atoms in total. The van der Waals surface area contributed by atoms with E-state index in [-0.39, 0.29) is 0 Å². The van der Waals surface area contributed by atoms with Crippen LogP contribution in [0.2, 0.25) is 0 Å². The Morgan fingerprint density at radius 2 is 1.79 bits per heavy atom. The first kappa shape index (κ1) is 11.1. The zero-order valence-electron chi connectivity index (χ0n) is 8.92. The Labute approximate surface area is 86.5 Å². The zero-order chi connectivity index (χ0) is 10.2. The van der Waals surface area contributed by atoms with Crippen LogP contribution in [0.5, 0.6) is 0 Å². The van der Waals surface area contributed by atoms with E-state index in [1.165, 1.54) is 24.1 Å². The second-order valence-electron chi connectivity index (χ2n) is 3.64. The van der Waals surface area contributed by atoms with Crippen molar-refractivity contribution in [1.82, 2.24) is 0 Å². The van der Waals surface area contributed by atoms with Crippen LogP contribution < -0.4 is 11.1 Å². The van der Waals surface area contributed by atoms with Crippen LogP contribution in [0.25, 0.3) is 0 Å². The van der Waals surface area contributed by atoms with Crippen LogP contribution in [-0.4, -0.2) is 13.1 Å².